The fourth-order valence-corrected chi connectivity index (χ4v) is 5.47. The standard InChI is InChI=1S/C35H39N2.2ClH.Zr/c1-34(2,3)32-18-28-26(16-30(32)24-11-7-22(20-36)8-12-24)15-27-17-31(25-13-9-23(21-37)10-14-25)33(19-29(27)28)35(4,5)6;;;/h7-19H,20-21,36-37H2,1-6H3;2*1H;/q;;;+2/p-2. The molecule has 0 aliphatic heterocycles. The average molecular weight is 650 g/mol. The van der Waals surface area contributed by atoms with Crippen LogP contribution >= 0.6 is 17.0 Å². The second-order valence-electron chi connectivity index (χ2n) is 12.5. The van der Waals surface area contributed by atoms with Gasteiger partial charge in [-0.2, -0.15) is 0 Å². The summed E-state index contributed by atoms with van der Waals surface area (Å²) in [7, 11) is 9.87. The van der Waals surface area contributed by atoms with E-state index in [9.17, 15) is 0 Å². The predicted octanol–water partition coefficient (Wildman–Crippen LogP) is 9.49. The zero-order chi connectivity index (χ0) is 29.2. The number of benzene rings is 4. The fourth-order valence-electron chi connectivity index (χ4n) is 5.47. The van der Waals surface area contributed by atoms with Crippen LogP contribution in [-0.2, 0) is 44.8 Å². The Bertz CT molecular complexity index is 1370. The van der Waals surface area contributed by atoms with Crippen LogP contribution in [0.5, 0.6) is 0 Å². The van der Waals surface area contributed by atoms with Gasteiger partial charge in [0.1, 0.15) is 0 Å². The van der Waals surface area contributed by atoms with Crippen LogP contribution in [0.25, 0.3) is 33.4 Å². The maximum atomic E-state index is 5.86. The van der Waals surface area contributed by atoms with Gasteiger partial charge >= 0.3 is 37.9 Å². The summed E-state index contributed by atoms with van der Waals surface area (Å²) in [5, 5.41) is 0. The minimum absolute atomic E-state index is 0.0111. The Hall–Kier alpha value is -1.74. The molecule has 0 saturated heterocycles. The van der Waals surface area contributed by atoms with Gasteiger partial charge in [0.05, 0.1) is 0 Å². The second kappa shape index (κ2) is 12.6. The Morgan fingerprint density at radius 1 is 0.550 bits per heavy atom. The van der Waals surface area contributed by atoms with Crippen LogP contribution in [0.3, 0.4) is 0 Å². The Labute approximate surface area is 259 Å². The van der Waals surface area contributed by atoms with Gasteiger partial charge in [0.25, 0.3) is 0 Å². The van der Waals surface area contributed by atoms with Gasteiger partial charge in [-0.05, 0) is 102 Å². The van der Waals surface area contributed by atoms with Crippen molar-refractivity contribution in [1.29, 1.82) is 0 Å². The Kier molecular flexibility index (Phi) is 9.86. The summed E-state index contributed by atoms with van der Waals surface area (Å²) in [5.74, 6) is 0. The van der Waals surface area contributed by atoms with E-state index in [1.54, 1.807) is 0 Å². The SMILES string of the molecule is CC(C)(C)c1cc2c(cc1-c1ccc(CN)cc1)[CH]c1cc(-c3ccc(CN)cc3)c(C(C)(C)C)cc1-2.[Cl][Zr][Cl]. The zero-order valence-electron chi connectivity index (χ0n) is 24.3. The summed E-state index contributed by atoms with van der Waals surface area (Å²) >= 11 is -0.826. The second-order valence-corrected chi connectivity index (χ2v) is 16.2. The molecule has 0 heterocycles. The Morgan fingerprint density at radius 3 is 1.15 bits per heavy atom. The van der Waals surface area contributed by atoms with Crippen LogP contribution in [0.15, 0.2) is 72.8 Å². The van der Waals surface area contributed by atoms with Crippen molar-refractivity contribution in [2.75, 3.05) is 0 Å². The van der Waals surface area contributed by atoms with Crippen molar-refractivity contribution in [3.8, 4) is 33.4 Å². The first kappa shape index (κ1) is 31.2. The molecular formula is C35H39Cl2N2Zr. The number of hydrogen-bond donors (Lipinski definition) is 2. The first-order valence-electron chi connectivity index (χ1n) is 13.7. The third-order valence-corrected chi connectivity index (χ3v) is 7.60. The van der Waals surface area contributed by atoms with Gasteiger partial charge in [-0.3, -0.25) is 0 Å². The summed E-state index contributed by atoms with van der Waals surface area (Å²) < 4.78 is 0. The number of rotatable bonds is 4. The van der Waals surface area contributed by atoms with E-state index in [4.69, 9.17) is 28.5 Å². The van der Waals surface area contributed by atoms with E-state index in [1.807, 2.05) is 0 Å². The summed E-state index contributed by atoms with van der Waals surface area (Å²) in [6, 6.07) is 27.1. The molecule has 4 aromatic rings. The molecule has 0 amide bonds. The number of fused-ring (bicyclic) bond motifs is 3. The van der Waals surface area contributed by atoms with Crippen molar-refractivity contribution < 1.29 is 20.8 Å². The molecular weight excluding hydrogens is 611 g/mol. The molecule has 5 heteroatoms. The zero-order valence-corrected chi connectivity index (χ0v) is 28.3. The van der Waals surface area contributed by atoms with E-state index >= 15 is 0 Å². The number of halogens is 2. The van der Waals surface area contributed by atoms with Crippen LogP contribution in [0.1, 0.15) is 74.9 Å². The van der Waals surface area contributed by atoms with Gasteiger partial charge in [0.15, 0.2) is 0 Å². The molecule has 0 saturated carbocycles. The molecule has 0 aromatic heterocycles. The molecule has 40 heavy (non-hydrogen) atoms. The van der Waals surface area contributed by atoms with Crippen LogP contribution in [-0.4, -0.2) is 0 Å². The monoisotopic (exact) mass is 647 g/mol. The molecule has 2 nitrogen and oxygen atoms in total. The molecule has 1 aliphatic carbocycles. The third-order valence-electron chi connectivity index (χ3n) is 7.60. The van der Waals surface area contributed by atoms with Gasteiger partial charge in [-0.25, -0.2) is 0 Å². The van der Waals surface area contributed by atoms with Crippen molar-refractivity contribution >= 4 is 17.0 Å². The van der Waals surface area contributed by atoms with Gasteiger partial charge < -0.3 is 11.5 Å². The fraction of sp³-hybridized carbons (Fsp3) is 0.286. The molecule has 1 aliphatic rings. The Balaban J connectivity index is 0.00000118. The van der Waals surface area contributed by atoms with E-state index in [2.05, 4.69) is 121 Å². The summed E-state index contributed by atoms with van der Waals surface area (Å²) in [6.07, 6.45) is 2.36. The van der Waals surface area contributed by atoms with Gasteiger partial charge in [0, 0.05) is 19.5 Å². The van der Waals surface area contributed by atoms with Crippen LogP contribution < -0.4 is 11.5 Å². The first-order valence-corrected chi connectivity index (χ1v) is 20.0. The van der Waals surface area contributed by atoms with E-state index in [1.165, 1.54) is 55.6 Å². The molecule has 4 aromatic carbocycles. The number of hydrogen-bond acceptors (Lipinski definition) is 2. The van der Waals surface area contributed by atoms with Crippen molar-refractivity contribution in [3.05, 3.63) is 113 Å². The van der Waals surface area contributed by atoms with E-state index in [-0.39, 0.29) is 10.8 Å². The maximum absolute atomic E-state index is 5.86. The van der Waals surface area contributed by atoms with Crippen molar-refractivity contribution in [3.63, 3.8) is 0 Å². The van der Waals surface area contributed by atoms with Crippen molar-refractivity contribution in [2.45, 2.75) is 65.5 Å². The van der Waals surface area contributed by atoms with E-state index < -0.39 is 20.8 Å². The summed E-state index contributed by atoms with van der Waals surface area (Å²) in [6.45, 7) is 15.0. The quantitative estimate of drug-likeness (QED) is 0.204. The van der Waals surface area contributed by atoms with Crippen LogP contribution in [0, 0.1) is 6.42 Å². The molecule has 1 radical (unpaired) electrons. The first-order chi connectivity index (χ1) is 18.9. The van der Waals surface area contributed by atoms with E-state index in [0.29, 0.717) is 13.1 Å². The molecule has 0 bridgehead atoms. The molecule has 4 N–H and O–H groups in total. The summed E-state index contributed by atoms with van der Waals surface area (Å²) in [5.41, 5.74) is 27.1. The predicted molar refractivity (Wildman–Crippen MR) is 170 cm³/mol. The number of nitrogens with two attached hydrogens (primary N) is 2. The van der Waals surface area contributed by atoms with Gasteiger partial charge in [-0.1, -0.05) is 90.1 Å². The molecule has 0 spiro atoms. The third kappa shape index (κ3) is 6.66. The van der Waals surface area contributed by atoms with Crippen molar-refractivity contribution in [2.24, 2.45) is 11.5 Å². The normalized spacial score (nSPS) is 12.3. The van der Waals surface area contributed by atoms with Crippen molar-refractivity contribution in [1.82, 2.24) is 0 Å². The van der Waals surface area contributed by atoms with Crippen LogP contribution in [0.4, 0.5) is 0 Å². The molecule has 0 unspecified atom stereocenters. The van der Waals surface area contributed by atoms with Crippen LogP contribution in [0.2, 0.25) is 0 Å². The topological polar surface area (TPSA) is 52.0 Å². The molecule has 0 atom stereocenters. The molecule has 0 fully saturated rings. The van der Waals surface area contributed by atoms with E-state index in [0.717, 1.165) is 11.1 Å². The minimum atomic E-state index is -0.826. The molecule has 5 rings (SSSR count). The average Bonchev–Trinajstić information content (AvgIpc) is 3.28. The van der Waals surface area contributed by atoms with Gasteiger partial charge in [0.2, 0.25) is 0 Å². The Morgan fingerprint density at radius 2 is 0.875 bits per heavy atom. The molecule has 207 valence electrons. The van der Waals surface area contributed by atoms with Gasteiger partial charge in [-0.15, -0.1) is 0 Å². The summed E-state index contributed by atoms with van der Waals surface area (Å²) in [4.78, 5) is 0.